The third-order valence-electron chi connectivity index (χ3n) is 5.16. The summed E-state index contributed by atoms with van der Waals surface area (Å²) in [6.45, 7) is 8.54. The van der Waals surface area contributed by atoms with Crippen molar-refractivity contribution in [3.05, 3.63) is 12.7 Å². The number of unbranched alkanes of at least 4 members (excludes halogenated alkanes) is 13. The molecule has 1 unspecified atom stereocenters. The van der Waals surface area contributed by atoms with Gasteiger partial charge in [0.25, 0.3) is 0 Å². The van der Waals surface area contributed by atoms with Gasteiger partial charge in [-0.15, -0.1) is 6.58 Å². The van der Waals surface area contributed by atoms with Crippen LogP contribution in [0.5, 0.6) is 0 Å². The van der Waals surface area contributed by atoms with Gasteiger partial charge in [-0.2, -0.15) is 0 Å². The highest BCUT2D eigenvalue weighted by Gasteiger charge is 2.21. The number of esters is 1. The van der Waals surface area contributed by atoms with E-state index in [0.29, 0.717) is 19.6 Å². The molecule has 0 saturated carbocycles. The van der Waals surface area contributed by atoms with Gasteiger partial charge in [-0.3, -0.25) is 0 Å². The second-order valence-electron chi connectivity index (χ2n) is 8.12. The van der Waals surface area contributed by atoms with E-state index in [-0.39, 0.29) is 0 Å². The van der Waals surface area contributed by atoms with Gasteiger partial charge in [0.15, 0.2) is 0 Å². The van der Waals surface area contributed by atoms with Crippen molar-refractivity contribution in [3.63, 3.8) is 0 Å². The molecular weight excluding hydrogens is 378 g/mol. The lowest BCUT2D eigenvalue weighted by atomic mass is 10.0. The molecule has 0 aliphatic carbocycles. The van der Waals surface area contributed by atoms with Crippen molar-refractivity contribution in [1.82, 2.24) is 5.32 Å². The molecule has 0 heterocycles. The maximum atomic E-state index is 12.1. The van der Waals surface area contributed by atoms with Gasteiger partial charge in [0.2, 0.25) is 0 Å². The van der Waals surface area contributed by atoms with E-state index < -0.39 is 18.1 Å². The van der Waals surface area contributed by atoms with E-state index in [1.54, 1.807) is 6.08 Å². The summed E-state index contributed by atoms with van der Waals surface area (Å²) in [5.74, 6) is -0.418. The monoisotopic (exact) mass is 425 g/mol. The Hall–Kier alpha value is -1.52. The first kappa shape index (κ1) is 28.5. The number of hydrogen-bond acceptors (Lipinski definition) is 4. The highest BCUT2D eigenvalue weighted by molar-refractivity contribution is 5.81. The molecule has 1 N–H and O–H groups in total. The molecule has 0 aliphatic rings. The number of ether oxygens (including phenoxy) is 2. The predicted molar refractivity (Wildman–Crippen MR) is 125 cm³/mol. The lowest BCUT2D eigenvalue weighted by Crippen LogP contribution is -2.42. The standard InChI is InChI=1S/C25H47NO4/c1-4-7-8-9-10-11-12-13-14-15-16-17-18-19-22-29-24(27)23(20-5-2)26-25(28)30-21-6-3/h5,23H,2,4,6-22H2,1,3H3,(H,26,28). The molecule has 5 heteroatoms. The quantitative estimate of drug-likeness (QED) is 0.121. The van der Waals surface area contributed by atoms with Gasteiger partial charge in [0.05, 0.1) is 13.2 Å². The van der Waals surface area contributed by atoms with Crippen molar-refractivity contribution in [2.24, 2.45) is 0 Å². The molecular formula is C25H47NO4. The maximum Gasteiger partial charge on any atom is 0.407 e. The number of hydrogen-bond donors (Lipinski definition) is 1. The van der Waals surface area contributed by atoms with Crippen LogP contribution in [0.4, 0.5) is 4.79 Å². The zero-order valence-corrected chi connectivity index (χ0v) is 19.7. The Bertz CT molecular complexity index is 425. The maximum absolute atomic E-state index is 12.1. The van der Waals surface area contributed by atoms with E-state index in [2.05, 4.69) is 18.8 Å². The Morgan fingerprint density at radius 1 is 0.733 bits per heavy atom. The summed E-state index contributed by atoms with van der Waals surface area (Å²) in [4.78, 5) is 23.8. The minimum absolute atomic E-state index is 0.332. The first-order chi connectivity index (χ1) is 14.7. The second kappa shape index (κ2) is 22.2. The number of nitrogens with one attached hydrogen (secondary N) is 1. The number of alkyl carbamates (subject to hydrolysis) is 1. The van der Waals surface area contributed by atoms with Crippen LogP contribution >= 0.6 is 0 Å². The number of carbonyl (C=O) groups excluding carboxylic acids is 2. The lowest BCUT2D eigenvalue weighted by Gasteiger charge is -2.16. The Morgan fingerprint density at radius 3 is 1.70 bits per heavy atom. The lowest BCUT2D eigenvalue weighted by molar-refractivity contribution is -0.146. The van der Waals surface area contributed by atoms with E-state index in [1.165, 1.54) is 77.0 Å². The van der Waals surface area contributed by atoms with Gasteiger partial charge in [-0.1, -0.05) is 103 Å². The normalized spacial score (nSPS) is 11.7. The van der Waals surface area contributed by atoms with Crippen LogP contribution < -0.4 is 5.32 Å². The van der Waals surface area contributed by atoms with E-state index >= 15 is 0 Å². The summed E-state index contributed by atoms with van der Waals surface area (Å²) >= 11 is 0. The topological polar surface area (TPSA) is 64.6 Å². The van der Waals surface area contributed by atoms with Gasteiger partial charge in [0.1, 0.15) is 6.04 Å². The van der Waals surface area contributed by atoms with Crippen LogP contribution in [0.1, 0.15) is 117 Å². The molecule has 0 aromatic carbocycles. The summed E-state index contributed by atoms with van der Waals surface area (Å²) in [5, 5.41) is 2.55. The zero-order valence-electron chi connectivity index (χ0n) is 19.7. The van der Waals surface area contributed by atoms with Gasteiger partial charge < -0.3 is 14.8 Å². The van der Waals surface area contributed by atoms with Gasteiger partial charge in [0, 0.05) is 0 Å². The fourth-order valence-corrected chi connectivity index (χ4v) is 3.33. The molecule has 0 spiro atoms. The second-order valence-corrected chi connectivity index (χ2v) is 8.12. The third kappa shape index (κ3) is 18.5. The molecule has 30 heavy (non-hydrogen) atoms. The SMILES string of the molecule is C=CCC(NC(=O)OCCC)C(=O)OCCCCCCCCCCCCCCCC. The summed E-state index contributed by atoms with van der Waals surface area (Å²) in [6, 6.07) is -0.724. The predicted octanol–water partition coefficient (Wildman–Crippen LogP) is 7.09. The average Bonchev–Trinajstić information content (AvgIpc) is 2.74. The molecule has 0 radical (unpaired) electrons. The van der Waals surface area contributed by atoms with Crippen molar-refractivity contribution in [2.45, 2.75) is 123 Å². The van der Waals surface area contributed by atoms with E-state index in [9.17, 15) is 9.59 Å². The van der Waals surface area contributed by atoms with E-state index in [1.807, 2.05) is 6.92 Å². The van der Waals surface area contributed by atoms with Crippen molar-refractivity contribution >= 4 is 12.1 Å². The summed E-state index contributed by atoms with van der Waals surface area (Å²) in [6.07, 6.45) is 20.2. The van der Waals surface area contributed by atoms with Crippen LogP contribution in [0, 0.1) is 0 Å². The molecule has 0 saturated heterocycles. The average molecular weight is 426 g/mol. The molecule has 5 nitrogen and oxygen atoms in total. The van der Waals surface area contributed by atoms with Crippen LogP contribution in [0.3, 0.4) is 0 Å². The Labute approximate surface area is 185 Å². The first-order valence-corrected chi connectivity index (χ1v) is 12.4. The van der Waals surface area contributed by atoms with Crippen LogP contribution in [-0.4, -0.2) is 31.3 Å². The summed E-state index contributed by atoms with van der Waals surface area (Å²) < 4.78 is 10.3. The third-order valence-corrected chi connectivity index (χ3v) is 5.16. The van der Waals surface area contributed by atoms with Crippen LogP contribution in [0.2, 0.25) is 0 Å². The van der Waals surface area contributed by atoms with Crippen molar-refractivity contribution in [1.29, 1.82) is 0 Å². The fourth-order valence-electron chi connectivity index (χ4n) is 3.33. The van der Waals surface area contributed by atoms with Crippen LogP contribution in [0.25, 0.3) is 0 Å². The molecule has 0 aromatic rings. The van der Waals surface area contributed by atoms with Crippen LogP contribution in [-0.2, 0) is 14.3 Å². The number of rotatable bonds is 21. The zero-order chi connectivity index (χ0) is 22.3. The van der Waals surface area contributed by atoms with Gasteiger partial charge in [-0.25, -0.2) is 9.59 Å². The van der Waals surface area contributed by atoms with Gasteiger partial charge >= 0.3 is 12.1 Å². The molecule has 0 rings (SSSR count). The van der Waals surface area contributed by atoms with Gasteiger partial charge in [-0.05, 0) is 19.3 Å². The highest BCUT2D eigenvalue weighted by Crippen LogP contribution is 2.13. The minimum Gasteiger partial charge on any atom is -0.464 e. The molecule has 1 atom stereocenters. The highest BCUT2D eigenvalue weighted by atomic mass is 16.6. The number of carbonyl (C=O) groups is 2. The fraction of sp³-hybridized carbons (Fsp3) is 0.840. The first-order valence-electron chi connectivity index (χ1n) is 12.4. The molecule has 0 fully saturated rings. The molecule has 1 amide bonds. The van der Waals surface area contributed by atoms with Crippen molar-refractivity contribution in [2.75, 3.05) is 13.2 Å². The molecule has 0 bridgehead atoms. The van der Waals surface area contributed by atoms with E-state index in [0.717, 1.165) is 19.3 Å². The smallest absolute Gasteiger partial charge is 0.407 e. The largest absolute Gasteiger partial charge is 0.464 e. The Morgan fingerprint density at radius 2 is 1.23 bits per heavy atom. The molecule has 0 aromatic heterocycles. The Kier molecular flexibility index (Phi) is 21.0. The molecule has 0 aliphatic heterocycles. The summed E-state index contributed by atoms with van der Waals surface area (Å²) in [7, 11) is 0. The van der Waals surface area contributed by atoms with E-state index in [4.69, 9.17) is 9.47 Å². The Balaban J connectivity index is 3.57. The summed E-state index contributed by atoms with van der Waals surface area (Å²) in [5.41, 5.74) is 0. The minimum atomic E-state index is -0.724. The van der Waals surface area contributed by atoms with Crippen LogP contribution in [0.15, 0.2) is 12.7 Å². The molecule has 176 valence electrons. The van der Waals surface area contributed by atoms with Crippen molar-refractivity contribution in [3.8, 4) is 0 Å². The number of amides is 1. The van der Waals surface area contributed by atoms with Crippen molar-refractivity contribution < 1.29 is 19.1 Å².